The van der Waals surface area contributed by atoms with Crippen molar-refractivity contribution >= 4 is 11.9 Å². The van der Waals surface area contributed by atoms with Crippen LogP contribution in [0.4, 0.5) is 0 Å². The number of carboxylic acid groups (broad SMARTS) is 1. The predicted molar refractivity (Wildman–Crippen MR) is 30.1 cm³/mol. The van der Waals surface area contributed by atoms with Crippen molar-refractivity contribution in [2.45, 2.75) is 0 Å². The van der Waals surface area contributed by atoms with Crippen LogP contribution in [0.15, 0.2) is 11.8 Å². The lowest BCUT2D eigenvalue weighted by atomic mass is 10.4. The summed E-state index contributed by atoms with van der Waals surface area (Å²) < 4.78 is 3.63. The molecule has 0 bridgehead atoms. The lowest BCUT2D eigenvalue weighted by Crippen LogP contribution is -2.04. The fourth-order valence-corrected chi connectivity index (χ4v) is 0.248. The van der Waals surface area contributed by atoms with Gasteiger partial charge in [-0.2, -0.15) is 0 Å². The molecule has 0 saturated carbocycles. The number of carboxylic acids is 1. The van der Waals surface area contributed by atoms with Crippen molar-refractivity contribution in [3.63, 3.8) is 0 Å². The number of nitriles is 1. The SMILES string of the molecule is N#COC(=O)C=C(O)C(=O)O. The van der Waals surface area contributed by atoms with E-state index in [9.17, 15) is 9.59 Å². The van der Waals surface area contributed by atoms with Crippen molar-refractivity contribution in [2.24, 2.45) is 0 Å². The number of nitrogens with zero attached hydrogens (tertiary/aromatic N) is 1. The monoisotopic (exact) mass is 157 g/mol. The van der Waals surface area contributed by atoms with Crippen LogP contribution in [0.25, 0.3) is 0 Å². The third kappa shape index (κ3) is 3.53. The van der Waals surface area contributed by atoms with Gasteiger partial charge in [0, 0.05) is 0 Å². The van der Waals surface area contributed by atoms with Gasteiger partial charge in [-0.3, -0.25) is 0 Å². The highest BCUT2D eigenvalue weighted by Gasteiger charge is 2.07. The highest BCUT2D eigenvalue weighted by atomic mass is 16.5. The van der Waals surface area contributed by atoms with E-state index in [0.29, 0.717) is 0 Å². The van der Waals surface area contributed by atoms with E-state index < -0.39 is 17.7 Å². The maximum absolute atomic E-state index is 10.2. The lowest BCUT2D eigenvalue weighted by molar-refractivity contribution is -0.137. The highest BCUT2D eigenvalue weighted by Crippen LogP contribution is 1.88. The largest absolute Gasteiger partial charge is 0.502 e. The molecule has 0 aromatic carbocycles. The fourth-order valence-electron chi connectivity index (χ4n) is 0.248. The van der Waals surface area contributed by atoms with Crippen molar-refractivity contribution in [3.8, 4) is 6.26 Å². The van der Waals surface area contributed by atoms with Crippen molar-refractivity contribution in [3.05, 3.63) is 11.8 Å². The maximum Gasteiger partial charge on any atom is 0.371 e. The Kier molecular flexibility index (Phi) is 3.18. The first kappa shape index (κ1) is 8.97. The third-order valence-electron chi connectivity index (χ3n) is 0.620. The Morgan fingerprint density at radius 1 is 1.45 bits per heavy atom. The van der Waals surface area contributed by atoms with E-state index in [1.54, 1.807) is 0 Å². The molecular weight excluding hydrogens is 154 g/mol. The molecular formula is C5H3NO5. The summed E-state index contributed by atoms with van der Waals surface area (Å²) in [5.74, 6) is -4.07. The van der Waals surface area contributed by atoms with Crippen molar-refractivity contribution in [1.29, 1.82) is 5.26 Å². The van der Waals surface area contributed by atoms with Gasteiger partial charge in [0.25, 0.3) is 6.26 Å². The average Bonchev–Trinajstić information content (AvgIpc) is 1.87. The molecule has 6 nitrogen and oxygen atoms in total. The number of rotatable bonds is 2. The minimum absolute atomic E-state index is 0.283. The molecule has 0 aromatic heterocycles. The number of ether oxygens (including phenoxy) is 1. The number of carbonyl (C=O) groups excluding carboxylic acids is 1. The van der Waals surface area contributed by atoms with E-state index in [1.807, 2.05) is 0 Å². The number of aliphatic hydroxyl groups is 1. The van der Waals surface area contributed by atoms with Gasteiger partial charge in [0.15, 0.2) is 0 Å². The molecule has 0 aliphatic rings. The van der Waals surface area contributed by atoms with Crippen LogP contribution in [-0.2, 0) is 14.3 Å². The molecule has 0 aromatic rings. The van der Waals surface area contributed by atoms with Crippen LogP contribution in [0, 0.1) is 11.5 Å². The van der Waals surface area contributed by atoms with Gasteiger partial charge in [-0.25, -0.2) is 9.59 Å². The Hall–Kier alpha value is -2.03. The summed E-state index contributed by atoms with van der Waals surface area (Å²) in [6.07, 6.45) is 1.30. The lowest BCUT2D eigenvalue weighted by Gasteiger charge is -1.88. The second-order valence-electron chi connectivity index (χ2n) is 1.35. The predicted octanol–water partition coefficient (Wildman–Crippen LogP) is -0.463. The Labute approximate surface area is 60.9 Å². The van der Waals surface area contributed by atoms with E-state index in [1.165, 1.54) is 0 Å². The van der Waals surface area contributed by atoms with E-state index in [4.69, 9.17) is 15.5 Å². The zero-order valence-corrected chi connectivity index (χ0v) is 5.14. The maximum atomic E-state index is 10.2. The first-order valence-electron chi connectivity index (χ1n) is 2.31. The molecule has 0 aliphatic carbocycles. The second kappa shape index (κ2) is 3.90. The molecule has 0 radical (unpaired) electrons. The number of aliphatic hydroxyl groups excluding tert-OH is 1. The molecule has 0 aliphatic heterocycles. The van der Waals surface area contributed by atoms with E-state index >= 15 is 0 Å². The zero-order valence-electron chi connectivity index (χ0n) is 5.14. The standard InChI is InChI=1S/C5H3NO5/c6-2-11-4(8)1-3(7)5(9)10/h1,7H,(H,9,10). The van der Waals surface area contributed by atoms with Crippen LogP contribution >= 0.6 is 0 Å². The smallest absolute Gasteiger partial charge is 0.371 e. The molecule has 0 fully saturated rings. The number of esters is 1. The molecule has 0 rings (SSSR count). The van der Waals surface area contributed by atoms with Gasteiger partial charge in [-0.1, -0.05) is 0 Å². The minimum atomic E-state index is -1.67. The van der Waals surface area contributed by atoms with Crippen LogP contribution in [-0.4, -0.2) is 22.2 Å². The van der Waals surface area contributed by atoms with E-state index in [0.717, 1.165) is 6.26 Å². The minimum Gasteiger partial charge on any atom is -0.502 e. The molecule has 6 heteroatoms. The summed E-state index contributed by atoms with van der Waals surface area (Å²) in [6, 6.07) is 0. The van der Waals surface area contributed by atoms with Gasteiger partial charge in [-0.05, 0) is 0 Å². The van der Waals surface area contributed by atoms with Gasteiger partial charge in [0.05, 0.1) is 6.08 Å². The quantitative estimate of drug-likeness (QED) is 0.243. The second-order valence-corrected chi connectivity index (χ2v) is 1.35. The Morgan fingerprint density at radius 3 is 2.36 bits per heavy atom. The summed E-state index contributed by atoms with van der Waals surface area (Å²) in [5, 5.41) is 24.1. The van der Waals surface area contributed by atoms with Crippen LogP contribution < -0.4 is 0 Å². The average molecular weight is 157 g/mol. The first-order chi connectivity index (χ1) is 5.07. The van der Waals surface area contributed by atoms with Gasteiger partial charge in [0.2, 0.25) is 5.76 Å². The van der Waals surface area contributed by atoms with Gasteiger partial charge in [-0.15, -0.1) is 5.26 Å². The molecule has 2 N–H and O–H groups in total. The third-order valence-corrected chi connectivity index (χ3v) is 0.620. The number of aliphatic carboxylic acids is 1. The molecule has 0 spiro atoms. The van der Waals surface area contributed by atoms with Crippen molar-refractivity contribution < 1.29 is 24.5 Å². The van der Waals surface area contributed by atoms with Crippen LogP contribution in [0.5, 0.6) is 0 Å². The van der Waals surface area contributed by atoms with Gasteiger partial charge >= 0.3 is 11.9 Å². The van der Waals surface area contributed by atoms with Crippen LogP contribution in [0.3, 0.4) is 0 Å². The van der Waals surface area contributed by atoms with E-state index in [2.05, 4.69) is 4.74 Å². The zero-order chi connectivity index (χ0) is 8.85. The van der Waals surface area contributed by atoms with Crippen molar-refractivity contribution in [1.82, 2.24) is 0 Å². The summed E-state index contributed by atoms with van der Waals surface area (Å²) >= 11 is 0. The molecule has 0 unspecified atom stereocenters. The summed E-state index contributed by atoms with van der Waals surface area (Å²) in [4.78, 5) is 20.0. The number of carbonyl (C=O) groups is 2. The summed E-state index contributed by atoms with van der Waals surface area (Å²) in [5.41, 5.74) is 0. The summed E-state index contributed by atoms with van der Waals surface area (Å²) in [6.45, 7) is 0. The normalized spacial score (nSPS) is 9.91. The fraction of sp³-hybridized carbons (Fsp3) is 0. The van der Waals surface area contributed by atoms with Crippen LogP contribution in [0.2, 0.25) is 0 Å². The first-order valence-corrected chi connectivity index (χ1v) is 2.31. The molecule has 0 amide bonds. The van der Waals surface area contributed by atoms with Gasteiger partial charge < -0.3 is 14.9 Å². The van der Waals surface area contributed by atoms with Crippen molar-refractivity contribution in [2.75, 3.05) is 0 Å². The Morgan fingerprint density at radius 2 is 2.00 bits per heavy atom. The highest BCUT2D eigenvalue weighted by molar-refractivity contribution is 5.93. The molecule has 11 heavy (non-hydrogen) atoms. The molecule has 0 saturated heterocycles. The molecule has 0 heterocycles. The van der Waals surface area contributed by atoms with Gasteiger partial charge in [0.1, 0.15) is 0 Å². The Bertz CT molecular complexity index is 248. The van der Waals surface area contributed by atoms with Crippen LogP contribution in [0.1, 0.15) is 0 Å². The molecule has 0 atom stereocenters. The summed E-state index contributed by atoms with van der Waals surface area (Å²) in [7, 11) is 0. The number of hydrogen-bond acceptors (Lipinski definition) is 5. The number of hydrogen-bond donors (Lipinski definition) is 2. The van der Waals surface area contributed by atoms with E-state index in [-0.39, 0.29) is 6.08 Å². The molecule has 58 valence electrons. The topological polar surface area (TPSA) is 108 Å². The Balaban J connectivity index is 4.22.